The number of carboxylic acid groups (broad SMARTS) is 1. The van der Waals surface area contributed by atoms with Crippen LogP contribution in [0.25, 0.3) is 0 Å². The van der Waals surface area contributed by atoms with Crippen molar-refractivity contribution in [2.24, 2.45) is 11.8 Å². The normalized spacial score (nSPS) is 23.8. The first-order chi connectivity index (χ1) is 7.99. The van der Waals surface area contributed by atoms with Crippen LogP contribution in [0.1, 0.15) is 25.7 Å². The minimum Gasteiger partial charge on any atom is -0.481 e. The number of piperidine rings is 1. The minimum atomic E-state index is -3.40. The van der Waals surface area contributed by atoms with Crippen molar-refractivity contribution in [2.75, 3.05) is 19.6 Å². The van der Waals surface area contributed by atoms with Crippen LogP contribution in [0.3, 0.4) is 0 Å². The molecule has 2 N–H and O–H groups in total. The van der Waals surface area contributed by atoms with E-state index in [0.29, 0.717) is 38.4 Å². The van der Waals surface area contributed by atoms with Crippen LogP contribution in [-0.2, 0) is 15.0 Å². The Kier molecular flexibility index (Phi) is 3.70. The van der Waals surface area contributed by atoms with Crippen molar-refractivity contribution in [1.82, 2.24) is 9.03 Å². The van der Waals surface area contributed by atoms with Gasteiger partial charge in [-0.1, -0.05) is 0 Å². The van der Waals surface area contributed by atoms with Gasteiger partial charge in [0.05, 0.1) is 5.92 Å². The molecule has 1 aliphatic heterocycles. The molecule has 17 heavy (non-hydrogen) atoms. The molecule has 2 fully saturated rings. The maximum atomic E-state index is 11.9. The fourth-order valence-electron chi connectivity index (χ4n) is 1.98. The molecule has 1 heterocycles. The van der Waals surface area contributed by atoms with Gasteiger partial charge in [-0.2, -0.15) is 12.7 Å². The standard InChI is InChI=1S/C10H18N2O4S/c13-10(14)9-3-5-12(6-4-9)17(15,16)11-7-8-1-2-8/h8-9,11H,1-7H2,(H,13,14). The van der Waals surface area contributed by atoms with Crippen LogP contribution < -0.4 is 4.72 Å². The van der Waals surface area contributed by atoms with Gasteiger partial charge in [0, 0.05) is 19.6 Å². The summed E-state index contributed by atoms with van der Waals surface area (Å²) in [6.45, 7) is 1.12. The highest BCUT2D eigenvalue weighted by Gasteiger charge is 2.32. The van der Waals surface area contributed by atoms with Gasteiger partial charge in [0.25, 0.3) is 10.2 Å². The molecule has 98 valence electrons. The number of carboxylic acids is 1. The molecule has 0 spiro atoms. The summed E-state index contributed by atoms with van der Waals surface area (Å²) >= 11 is 0. The highest BCUT2D eigenvalue weighted by molar-refractivity contribution is 7.87. The number of carbonyl (C=O) groups is 1. The molecule has 0 amide bonds. The maximum absolute atomic E-state index is 11.9. The lowest BCUT2D eigenvalue weighted by molar-refractivity contribution is -0.142. The van der Waals surface area contributed by atoms with E-state index in [0.717, 1.165) is 12.8 Å². The van der Waals surface area contributed by atoms with Crippen molar-refractivity contribution < 1.29 is 18.3 Å². The fourth-order valence-corrected chi connectivity index (χ4v) is 3.30. The second-order valence-corrected chi connectivity index (χ2v) is 6.56. The molecule has 0 aromatic heterocycles. The average Bonchev–Trinajstić information content (AvgIpc) is 3.10. The Bertz CT molecular complexity index is 383. The highest BCUT2D eigenvalue weighted by atomic mass is 32.2. The Morgan fingerprint density at radius 1 is 1.24 bits per heavy atom. The number of nitrogens with one attached hydrogen (secondary N) is 1. The SMILES string of the molecule is O=C(O)C1CCN(S(=O)(=O)NCC2CC2)CC1. The number of hydrogen-bond acceptors (Lipinski definition) is 3. The molecular formula is C10H18N2O4S. The Morgan fingerprint density at radius 3 is 2.29 bits per heavy atom. The number of aliphatic carboxylic acids is 1. The summed E-state index contributed by atoms with van der Waals surface area (Å²) in [6.07, 6.45) is 3.01. The fraction of sp³-hybridized carbons (Fsp3) is 0.900. The number of nitrogens with zero attached hydrogens (tertiary/aromatic N) is 1. The predicted octanol–water partition coefficient (Wildman–Crippen LogP) is 0.0274. The molecule has 7 heteroatoms. The summed E-state index contributed by atoms with van der Waals surface area (Å²) in [5.41, 5.74) is 0. The predicted molar refractivity (Wildman–Crippen MR) is 61.6 cm³/mol. The Balaban J connectivity index is 1.83. The second kappa shape index (κ2) is 4.91. The van der Waals surface area contributed by atoms with Crippen LogP contribution >= 0.6 is 0 Å². The van der Waals surface area contributed by atoms with Gasteiger partial charge in [-0.25, -0.2) is 4.72 Å². The molecule has 1 aliphatic carbocycles. The van der Waals surface area contributed by atoms with E-state index in [1.54, 1.807) is 0 Å². The number of hydrogen-bond donors (Lipinski definition) is 2. The van der Waals surface area contributed by atoms with Crippen LogP contribution in [0, 0.1) is 11.8 Å². The molecule has 0 radical (unpaired) electrons. The van der Waals surface area contributed by atoms with Crippen LogP contribution in [0.15, 0.2) is 0 Å². The Labute approximate surface area is 101 Å². The lowest BCUT2D eigenvalue weighted by Gasteiger charge is -2.29. The van der Waals surface area contributed by atoms with Crippen molar-refractivity contribution in [1.29, 1.82) is 0 Å². The van der Waals surface area contributed by atoms with Crippen molar-refractivity contribution in [3.8, 4) is 0 Å². The van der Waals surface area contributed by atoms with Crippen LogP contribution in [-0.4, -0.2) is 43.4 Å². The molecule has 0 bridgehead atoms. The Morgan fingerprint density at radius 2 is 1.82 bits per heavy atom. The molecule has 0 unspecified atom stereocenters. The van der Waals surface area contributed by atoms with E-state index in [1.165, 1.54) is 4.31 Å². The summed E-state index contributed by atoms with van der Waals surface area (Å²) in [6, 6.07) is 0. The van der Waals surface area contributed by atoms with Gasteiger partial charge in [0.15, 0.2) is 0 Å². The second-order valence-electron chi connectivity index (χ2n) is 4.81. The molecule has 2 rings (SSSR count). The van der Waals surface area contributed by atoms with Gasteiger partial charge in [-0.05, 0) is 31.6 Å². The van der Waals surface area contributed by atoms with Crippen molar-refractivity contribution in [3.05, 3.63) is 0 Å². The highest BCUT2D eigenvalue weighted by Crippen LogP contribution is 2.28. The quantitative estimate of drug-likeness (QED) is 0.731. The largest absolute Gasteiger partial charge is 0.481 e. The Hall–Kier alpha value is -0.660. The first-order valence-corrected chi connectivity index (χ1v) is 7.40. The van der Waals surface area contributed by atoms with Gasteiger partial charge in [0.1, 0.15) is 0 Å². The van der Waals surface area contributed by atoms with Gasteiger partial charge < -0.3 is 5.11 Å². The summed E-state index contributed by atoms with van der Waals surface area (Å²) in [5.74, 6) is -0.723. The smallest absolute Gasteiger partial charge is 0.306 e. The molecule has 2 aliphatic rings. The van der Waals surface area contributed by atoms with Crippen molar-refractivity contribution in [3.63, 3.8) is 0 Å². The van der Waals surface area contributed by atoms with E-state index >= 15 is 0 Å². The molecule has 0 aromatic carbocycles. The maximum Gasteiger partial charge on any atom is 0.306 e. The molecule has 1 saturated carbocycles. The van der Waals surface area contributed by atoms with Crippen LogP contribution in [0.5, 0.6) is 0 Å². The van der Waals surface area contributed by atoms with Crippen molar-refractivity contribution >= 4 is 16.2 Å². The average molecular weight is 262 g/mol. The van der Waals surface area contributed by atoms with Crippen LogP contribution in [0.4, 0.5) is 0 Å². The zero-order chi connectivity index (χ0) is 12.5. The zero-order valence-corrected chi connectivity index (χ0v) is 10.4. The van der Waals surface area contributed by atoms with Gasteiger partial charge in [-0.15, -0.1) is 0 Å². The van der Waals surface area contributed by atoms with Gasteiger partial charge >= 0.3 is 5.97 Å². The van der Waals surface area contributed by atoms with Crippen LogP contribution in [0.2, 0.25) is 0 Å². The molecular weight excluding hydrogens is 244 g/mol. The summed E-state index contributed by atoms with van der Waals surface area (Å²) in [5, 5.41) is 8.83. The van der Waals surface area contributed by atoms with E-state index in [9.17, 15) is 13.2 Å². The number of rotatable bonds is 5. The van der Waals surface area contributed by atoms with E-state index < -0.39 is 22.1 Å². The molecule has 0 atom stereocenters. The lowest BCUT2D eigenvalue weighted by atomic mass is 9.99. The lowest BCUT2D eigenvalue weighted by Crippen LogP contribution is -2.46. The third kappa shape index (κ3) is 3.40. The van der Waals surface area contributed by atoms with Gasteiger partial charge in [0.2, 0.25) is 0 Å². The van der Waals surface area contributed by atoms with Gasteiger partial charge in [-0.3, -0.25) is 4.79 Å². The zero-order valence-electron chi connectivity index (χ0n) is 9.63. The first-order valence-electron chi connectivity index (χ1n) is 5.96. The molecule has 0 aromatic rings. The third-order valence-corrected chi connectivity index (χ3v) is 4.97. The summed E-state index contributed by atoms with van der Waals surface area (Å²) in [7, 11) is -3.40. The monoisotopic (exact) mass is 262 g/mol. The molecule has 6 nitrogen and oxygen atoms in total. The molecule has 1 saturated heterocycles. The topological polar surface area (TPSA) is 86.7 Å². The third-order valence-electron chi connectivity index (χ3n) is 3.39. The van der Waals surface area contributed by atoms with E-state index in [2.05, 4.69) is 4.72 Å². The summed E-state index contributed by atoms with van der Waals surface area (Å²) in [4.78, 5) is 10.8. The van der Waals surface area contributed by atoms with E-state index in [1.807, 2.05) is 0 Å². The first kappa shape index (κ1) is 12.8. The summed E-state index contributed by atoms with van der Waals surface area (Å²) < 4.78 is 27.7. The van der Waals surface area contributed by atoms with E-state index in [-0.39, 0.29) is 0 Å². The van der Waals surface area contributed by atoms with E-state index in [4.69, 9.17) is 5.11 Å². The minimum absolute atomic E-state index is 0.303. The van der Waals surface area contributed by atoms with Crippen molar-refractivity contribution in [2.45, 2.75) is 25.7 Å².